The van der Waals surface area contributed by atoms with Crippen molar-refractivity contribution in [3.8, 4) is 0 Å². The fraction of sp³-hybridized carbons (Fsp3) is 0.667. The number of hydrogen-bond donors (Lipinski definition) is 0. The van der Waals surface area contributed by atoms with E-state index in [9.17, 15) is 0 Å². The summed E-state index contributed by atoms with van der Waals surface area (Å²) in [4.78, 5) is 6.41. The van der Waals surface area contributed by atoms with Crippen molar-refractivity contribution in [1.29, 1.82) is 0 Å². The molecule has 0 spiro atoms. The van der Waals surface area contributed by atoms with Gasteiger partial charge < -0.3 is 9.64 Å². The Bertz CT molecular complexity index is 278. The molecule has 0 saturated heterocycles. The molecule has 0 radical (unpaired) electrons. The Morgan fingerprint density at radius 3 is 2.86 bits per heavy atom. The van der Waals surface area contributed by atoms with Crippen LogP contribution >= 0.6 is 27.3 Å². The van der Waals surface area contributed by atoms with Gasteiger partial charge in [0.15, 0.2) is 5.13 Å². The second kappa shape index (κ2) is 5.68. The topological polar surface area (TPSA) is 25.4 Å². The lowest BCUT2D eigenvalue weighted by Gasteiger charge is -2.16. The van der Waals surface area contributed by atoms with E-state index >= 15 is 0 Å². The van der Waals surface area contributed by atoms with E-state index in [1.165, 1.54) is 0 Å². The molecule has 0 fully saturated rings. The molecule has 1 aromatic heterocycles. The fourth-order valence-corrected chi connectivity index (χ4v) is 2.19. The molecule has 0 unspecified atom stereocenters. The van der Waals surface area contributed by atoms with E-state index in [2.05, 4.69) is 25.8 Å². The number of anilines is 1. The van der Waals surface area contributed by atoms with Crippen LogP contribution in [0.25, 0.3) is 0 Å². The third-order valence-electron chi connectivity index (χ3n) is 1.67. The van der Waals surface area contributed by atoms with Crippen molar-refractivity contribution in [2.45, 2.75) is 20.0 Å². The third-order valence-corrected chi connectivity index (χ3v) is 3.33. The van der Waals surface area contributed by atoms with Gasteiger partial charge >= 0.3 is 0 Å². The van der Waals surface area contributed by atoms with Crippen LogP contribution in [0, 0.1) is 0 Å². The van der Waals surface area contributed by atoms with Gasteiger partial charge in [-0.2, -0.15) is 0 Å². The van der Waals surface area contributed by atoms with Crippen LogP contribution in [0.1, 0.15) is 13.8 Å². The highest BCUT2D eigenvalue weighted by molar-refractivity contribution is 9.10. The Morgan fingerprint density at radius 1 is 1.64 bits per heavy atom. The van der Waals surface area contributed by atoms with Gasteiger partial charge in [-0.1, -0.05) is 0 Å². The average molecular weight is 279 g/mol. The maximum absolute atomic E-state index is 5.46. The Hall–Kier alpha value is -0.130. The van der Waals surface area contributed by atoms with E-state index in [1.54, 1.807) is 11.3 Å². The highest BCUT2D eigenvalue weighted by atomic mass is 79.9. The maximum Gasteiger partial charge on any atom is 0.186 e. The summed E-state index contributed by atoms with van der Waals surface area (Å²) in [5.41, 5.74) is 0. The molecule has 80 valence electrons. The van der Waals surface area contributed by atoms with Crippen molar-refractivity contribution in [2.24, 2.45) is 0 Å². The summed E-state index contributed by atoms with van der Waals surface area (Å²) in [7, 11) is 2.02. The first-order valence-corrected chi connectivity index (χ1v) is 6.20. The molecule has 0 N–H and O–H groups in total. The van der Waals surface area contributed by atoms with E-state index in [0.29, 0.717) is 6.10 Å². The van der Waals surface area contributed by atoms with Crippen molar-refractivity contribution in [1.82, 2.24) is 4.98 Å². The normalized spacial score (nSPS) is 10.9. The van der Waals surface area contributed by atoms with Gasteiger partial charge in [-0.25, -0.2) is 4.98 Å². The van der Waals surface area contributed by atoms with Crippen molar-refractivity contribution in [3.63, 3.8) is 0 Å². The van der Waals surface area contributed by atoms with Gasteiger partial charge in [0.25, 0.3) is 0 Å². The van der Waals surface area contributed by atoms with Gasteiger partial charge in [0.05, 0.1) is 12.7 Å². The highest BCUT2D eigenvalue weighted by Gasteiger charge is 2.05. The first-order chi connectivity index (χ1) is 6.59. The zero-order valence-electron chi connectivity index (χ0n) is 8.66. The Kier molecular flexibility index (Phi) is 4.84. The molecule has 1 aromatic rings. The molecule has 3 nitrogen and oxygen atoms in total. The van der Waals surface area contributed by atoms with E-state index < -0.39 is 0 Å². The van der Waals surface area contributed by atoms with Crippen LogP contribution in [0.5, 0.6) is 0 Å². The molecular formula is C9H15BrN2OS. The summed E-state index contributed by atoms with van der Waals surface area (Å²) in [5.74, 6) is 0. The second-order valence-corrected chi connectivity index (χ2v) is 4.94. The van der Waals surface area contributed by atoms with E-state index in [1.807, 2.05) is 26.3 Å². The number of nitrogens with zero attached hydrogens (tertiary/aromatic N) is 2. The molecule has 14 heavy (non-hydrogen) atoms. The van der Waals surface area contributed by atoms with Gasteiger partial charge in [0.1, 0.15) is 4.60 Å². The Morgan fingerprint density at radius 2 is 2.36 bits per heavy atom. The first-order valence-electron chi connectivity index (χ1n) is 4.53. The van der Waals surface area contributed by atoms with Crippen LogP contribution in [0.15, 0.2) is 9.98 Å². The van der Waals surface area contributed by atoms with Crippen molar-refractivity contribution < 1.29 is 4.74 Å². The summed E-state index contributed by atoms with van der Waals surface area (Å²) < 4.78 is 6.36. The summed E-state index contributed by atoms with van der Waals surface area (Å²) in [6.45, 7) is 5.70. The number of likely N-dealkylation sites (N-methyl/N-ethyl adjacent to an activating group) is 1. The Labute approximate surface area is 97.2 Å². The molecular weight excluding hydrogens is 264 g/mol. The number of rotatable bonds is 5. The zero-order chi connectivity index (χ0) is 10.6. The van der Waals surface area contributed by atoms with Crippen LogP contribution in [-0.2, 0) is 4.74 Å². The molecule has 0 bridgehead atoms. The summed E-state index contributed by atoms with van der Waals surface area (Å²) >= 11 is 4.96. The summed E-state index contributed by atoms with van der Waals surface area (Å²) in [6, 6.07) is 0. The number of ether oxygens (including phenoxy) is 1. The lowest BCUT2D eigenvalue weighted by Crippen LogP contribution is -2.23. The molecule has 0 aromatic carbocycles. The molecule has 0 amide bonds. The van der Waals surface area contributed by atoms with Crippen molar-refractivity contribution >= 4 is 32.4 Å². The van der Waals surface area contributed by atoms with Gasteiger partial charge in [0.2, 0.25) is 0 Å². The van der Waals surface area contributed by atoms with E-state index in [4.69, 9.17) is 4.74 Å². The van der Waals surface area contributed by atoms with Crippen molar-refractivity contribution in [2.75, 3.05) is 25.1 Å². The highest BCUT2D eigenvalue weighted by Crippen LogP contribution is 2.22. The average Bonchev–Trinajstić information content (AvgIpc) is 2.51. The molecule has 1 heterocycles. The van der Waals surface area contributed by atoms with Crippen molar-refractivity contribution in [3.05, 3.63) is 9.98 Å². The number of thiazole rings is 1. The molecule has 0 aliphatic carbocycles. The van der Waals surface area contributed by atoms with Crippen LogP contribution in [0.4, 0.5) is 5.13 Å². The SMILES string of the molecule is CC(C)OCCN(C)c1nc(Br)cs1. The minimum absolute atomic E-state index is 0.298. The minimum atomic E-state index is 0.298. The number of halogens is 1. The Balaban J connectivity index is 2.32. The van der Waals surface area contributed by atoms with Gasteiger partial charge in [-0.15, -0.1) is 11.3 Å². The maximum atomic E-state index is 5.46. The third kappa shape index (κ3) is 3.94. The zero-order valence-corrected chi connectivity index (χ0v) is 11.1. The lowest BCUT2D eigenvalue weighted by molar-refractivity contribution is 0.0846. The standard InChI is InChI=1S/C9H15BrN2OS/c1-7(2)13-5-4-12(3)9-11-8(10)6-14-9/h6-7H,4-5H2,1-3H3. The quantitative estimate of drug-likeness (QED) is 0.828. The smallest absolute Gasteiger partial charge is 0.186 e. The van der Waals surface area contributed by atoms with Crippen LogP contribution < -0.4 is 4.90 Å². The molecule has 0 atom stereocenters. The molecule has 1 rings (SSSR count). The summed E-state index contributed by atoms with van der Waals surface area (Å²) in [5, 5.41) is 3.00. The molecule has 5 heteroatoms. The lowest BCUT2D eigenvalue weighted by atomic mass is 10.5. The molecule has 0 aliphatic heterocycles. The predicted molar refractivity (Wildman–Crippen MR) is 64.2 cm³/mol. The number of aromatic nitrogens is 1. The number of hydrogen-bond acceptors (Lipinski definition) is 4. The van der Waals surface area contributed by atoms with Gasteiger partial charge in [-0.3, -0.25) is 0 Å². The van der Waals surface area contributed by atoms with E-state index in [-0.39, 0.29) is 0 Å². The largest absolute Gasteiger partial charge is 0.377 e. The van der Waals surface area contributed by atoms with Crippen LogP contribution in [-0.4, -0.2) is 31.3 Å². The molecule has 0 aliphatic rings. The van der Waals surface area contributed by atoms with Crippen LogP contribution in [0.2, 0.25) is 0 Å². The first kappa shape index (κ1) is 11.9. The fourth-order valence-electron chi connectivity index (χ4n) is 0.942. The second-order valence-electron chi connectivity index (χ2n) is 3.29. The van der Waals surface area contributed by atoms with Gasteiger partial charge in [0, 0.05) is 19.0 Å². The summed E-state index contributed by atoms with van der Waals surface area (Å²) in [6.07, 6.45) is 0.298. The van der Waals surface area contributed by atoms with E-state index in [0.717, 1.165) is 22.9 Å². The van der Waals surface area contributed by atoms with Crippen LogP contribution in [0.3, 0.4) is 0 Å². The van der Waals surface area contributed by atoms with Gasteiger partial charge in [-0.05, 0) is 29.8 Å². The monoisotopic (exact) mass is 278 g/mol. The minimum Gasteiger partial charge on any atom is -0.377 e. The predicted octanol–water partition coefficient (Wildman–Crippen LogP) is 2.77. The molecule has 0 saturated carbocycles.